The van der Waals surface area contributed by atoms with Crippen LogP contribution in [0.25, 0.3) is 0 Å². The minimum absolute atomic E-state index is 0.0979. The molecule has 3 N–H and O–H groups in total. The highest BCUT2D eigenvalue weighted by Gasteiger charge is 2.01. The van der Waals surface area contributed by atoms with Crippen molar-refractivity contribution in [3.8, 4) is 0 Å². The second-order valence-corrected chi connectivity index (χ2v) is 2.35. The van der Waals surface area contributed by atoms with Gasteiger partial charge in [0.05, 0.1) is 6.61 Å². The highest BCUT2D eigenvalue weighted by atomic mass is 19.3. The Balaban J connectivity index is 3.11. The molecular formula is C7H14F2N2O2. The first kappa shape index (κ1) is 12.2. The van der Waals surface area contributed by atoms with Gasteiger partial charge in [-0.2, -0.15) is 0 Å². The number of carbonyl (C=O) groups is 1. The molecule has 0 aromatic carbocycles. The number of hydrogen-bond acceptors (Lipinski definition) is 3. The molecule has 0 aliphatic carbocycles. The van der Waals surface area contributed by atoms with Crippen molar-refractivity contribution in [2.24, 2.45) is 5.73 Å². The summed E-state index contributed by atoms with van der Waals surface area (Å²) in [6.45, 7) is 0.0304. The van der Waals surface area contributed by atoms with Crippen molar-refractivity contribution in [2.45, 2.75) is 12.8 Å². The minimum Gasteiger partial charge on any atom is -0.374 e. The molecule has 0 fully saturated rings. The van der Waals surface area contributed by atoms with E-state index < -0.39 is 13.0 Å². The van der Waals surface area contributed by atoms with Crippen molar-refractivity contribution < 1.29 is 18.3 Å². The summed E-state index contributed by atoms with van der Waals surface area (Å²) in [6, 6.07) is 0. The fourth-order valence-corrected chi connectivity index (χ4v) is 0.655. The molecule has 0 aliphatic rings. The first-order valence-electron chi connectivity index (χ1n) is 3.99. The van der Waals surface area contributed by atoms with Crippen LogP contribution in [0.4, 0.5) is 8.78 Å². The van der Waals surface area contributed by atoms with E-state index >= 15 is 0 Å². The van der Waals surface area contributed by atoms with Crippen LogP contribution in [-0.4, -0.2) is 38.6 Å². The first-order chi connectivity index (χ1) is 6.16. The zero-order chi connectivity index (χ0) is 10.1. The molecule has 0 aliphatic heterocycles. The lowest BCUT2D eigenvalue weighted by Crippen LogP contribution is -2.29. The van der Waals surface area contributed by atoms with Gasteiger partial charge in [-0.15, -0.1) is 0 Å². The lowest BCUT2D eigenvalue weighted by atomic mass is 10.4. The van der Waals surface area contributed by atoms with E-state index in [2.05, 4.69) is 10.1 Å². The van der Waals surface area contributed by atoms with E-state index in [9.17, 15) is 13.6 Å². The van der Waals surface area contributed by atoms with Gasteiger partial charge in [-0.3, -0.25) is 4.79 Å². The maximum Gasteiger partial charge on any atom is 0.261 e. The number of nitrogens with two attached hydrogens (primary N) is 1. The van der Waals surface area contributed by atoms with E-state index in [1.165, 1.54) is 0 Å². The van der Waals surface area contributed by atoms with E-state index in [1.54, 1.807) is 0 Å². The van der Waals surface area contributed by atoms with Gasteiger partial charge in [-0.1, -0.05) is 0 Å². The minimum atomic E-state index is -2.46. The highest BCUT2D eigenvalue weighted by Crippen LogP contribution is 1.91. The fourth-order valence-electron chi connectivity index (χ4n) is 0.655. The van der Waals surface area contributed by atoms with Gasteiger partial charge < -0.3 is 15.8 Å². The number of halogens is 2. The Bertz CT molecular complexity index is 144. The molecule has 0 unspecified atom stereocenters. The average Bonchev–Trinajstić information content (AvgIpc) is 2.03. The molecule has 0 rings (SSSR count). The molecule has 0 radical (unpaired) electrons. The average molecular weight is 196 g/mol. The van der Waals surface area contributed by atoms with Crippen LogP contribution in [0.5, 0.6) is 0 Å². The summed E-state index contributed by atoms with van der Waals surface area (Å²) in [5, 5.41) is 2.47. The number of alkyl halides is 2. The van der Waals surface area contributed by atoms with Crippen molar-refractivity contribution in [3.05, 3.63) is 0 Å². The largest absolute Gasteiger partial charge is 0.374 e. The first-order valence-corrected chi connectivity index (χ1v) is 3.99. The van der Waals surface area contributed by atoms with Crippen molar-refractivity contribution in [3.63, 3.8) is 0 Å². The molecule has 0 heterocycles. The monoisotopic (exact) mass is 196 g/mol. The van der Waals surface area contributed by atoms with Crippen molar-refractivity contribution in [1.82, 2.24) is 5.32 Å². The number of hydrogen-bond donors (Lipinski definition) is 2. The molecule has 6 heteroatoms. The number of rotatable bonds is 7. The van der Waals surface area contributed by atoms with Gasteiger partial charge in [0.15, 0.2) is 0 Å². The van der Waals surface area contributed by atoms with Gasteiger partial charge in [-0.05, 0) is 0 Å². The molecule has 0 saturated carbocycles. The molecule has 78 valence electrons. The van der Waals surface area contributed by atoms with Gasteiger partial charge in [0, 0.05) is 19.5 Å². The third kappa shape index (κ3) is 9.16. The van der Waals surface area contributed by atoms with Crippen LogP contribution >= 0.6 is 0 Å². The van der Waals surface area contributed by atoms with E-state index in [1.807, 2.05) is 0 Å². The lowest BCUT2D eigenvalue weighted by Gasteiger charge is -2.04. The maximum absolute atomic E-state index is 11.5. The molecular weight excluding hydrogens is 182 g/mol. The quantitative estimate of drug-likeness (QED) is 0.551. The Morgan fingerprint density at radius 2 is 2.23 bits per heavy atom. The fraction of sp³-hybridized carbons (Fsp3) is 0.857. The van der Waals surface area contributed by atoms with Crippen LogP contribution in [0.15, 0.2) is 0 Å². The van der Waals surface area contributed by atoms with E-state index in [4.69, 9.17) is 5.73 Å². The van der Waals surface area contributed by atoms with Gasteiger partial charge in [0.2, 0.25) is 5.91 Å². The number of nitrogens with one attached hydrogen (secondary N) is 1. The Hall–Kier alpha value is -0.750. The molecule has 0 spiro atoms. The highest BCUT2D eigenvalue weighted by molar-refractivity contribution is 5.75. The molecule has 4 nitrogen and oxygen atoms in total. The summed E-state index contributed by atoms with van der Waals surface area (Å²) >= 11 is 0. The van der Waals surface area contributed by atoms with Crippen molar-refractivity contribution >= 4 is 5.91 Å². The Morgan fingerprint density at radius 3 is 2.77 bits per heavy atom. The van der Waals surface area contributed by atoms with Crippen molar-refractivity contribution in [1.29, 1.82) is 0 Å². The normalized spacial score (nSPS) is 10.5. The maximum atomic E-state index is 11.5. The molecule has 1 amide bonds. The zero-order valence-corrected chi connectivity index (χ0v) is 7.26. The summed E-state index contributed by atoms with van der Waals surface area (Å²) in [5.74, 6) is -0.192. The summed E-state index contributed by atoms with van der Waals surface area (Å²) in [6.07, 6.45) is -2.21. The Morgan fingerprint density at radius 1 is 1.54 bits per heavy atom. The zero-order valence-electron chi connectivity index (χ0n) is 7.26. The molecule has 0 bridgehead atoms. The van der Waals surface area contributed by atoms with Crippen LogP contribution in [0.1, 0.15) is 6.42 Å². The summed E-state index contributed by atoms with van der Waals surface area (Å²) < 4.78 is 27.6. The Kier molecular flexibility index (Phi) is 7.42. The van der Waals surface area contributed by atoms with Gasteiger partial charge in [-0.25, -0.2) is 8.78 Å². The number of carbonyl (C=O) groups excluding carboxylic acids is 1. The summed E-state index contributed by atoms with van der Waals surface area (Å²) in [5.41, 5.74) is 5.11. The third-order valence-electron chi connectivity index (χ3n) is 1.18. The standard InChI is InChI=1S/C7H14F2N2O2/c8-6(9)5-13-4-3-11-7(12)1-2-10/h6H,1-5,10H2,(H,11,12). The molecule has 0 aromatic heterocycles. The van der Waals surface area contributed by atoms with E-state index in [0.717, 1.165) is 0 Å². The van der Waals surface area contributed by atoms with Crippen LogP contribution in [0, 0.1) is 0 Å². The third-order valence-corrected chi connectivity index (χ3v) is 1.18. The van der Waals surface area contributed by atoms with Crippen LogP contribution in [0.2, 0.25) is 0 Å². The van der Waals surface area contributed by atoms with Gasteiger partial charge in [0.25, 0.3) is 6.43 Å². The second-order valence-electron chi connectivity index (χ2n) is 2.35. The SMILES string of the molecule is NCCC(=O)NCCOCC(F)F. The predicted octanol–water partition coefficient (Wildman–Crippen LogP) is -0.267. The van der Waals surface area contributed by atoms with Gasteiger partial charge in [0.1, 0.15) is 6.61 Å². The topological polar surface area (TPSA) is 64.4 Å². The Labute approximate surface area is 75.4 Å². The van der Waals surface area contributed by atoms with Crippen LogP contribution in [-0.2, 0) is 9.53 Å². The van der Waals surface area contributed by atoms with Gasteiger partial charge >= 0.3 is 0 Å². The molecule has 0 saturated heterocycles. The van der Waals surface area contributed by atoms with Crippen molar-refractivity contribution in [2.75, 3.05) is 26.3 Å². The predicted molar refractivity (Wildman–Crippen MR) is 43.5 cm³/mol. The van der Waals surface area contributed by atoms with Crippen LogP contribution < -0.4 is 11.1 Å². The van der Waals surface area contributed by atoms with E-state index in [-0.39, 0.29) is 32.0 Å². The summed E-state index contributed by atoms with van der Waals surface area (Å²) in [7, 11) is 0. The van der Waals surface area contributed by atoms with Crippen LogP contribution in [0.3, 0.4) is 0 Å². The second kappa shape index (κ2) is 7.88. The molecule has 0 atom stereocenters. The smallest absolute Gasteiger partial charge is 0.261 e. The summed E-state index contributed by atoms with van der Waals surface area (Å²) in [4.78, 5) is 10.7. The number of amides is 1. The molecule has 13 heavy (non-hydrogen) atoms. The van der Waals surface area contributed by atoms with E-state index in [0.29, 0.717) is 0 Å². The lowest BCUT2D eigenvalue weighted by molar-refractivity contribution is -0.121. The number of ether oxygens (including phenoxy) is 1. The molecule has 0 aromatic rings.